The lowest BCUT2D eigenvalue weighted by Crippen LogP contribution is -2.50. The van der Waals surface area contributed by atoms with E-state index in [9.17, 15) is 14.0 Å². The first-order valence-electron chi connectivity index (χ1n) is 8.81. The molecule has 1 aliphatic heterocycles. The van der Waals surface area contributed by atoms with E-state index >= 15 is 0 Å². The van der Waals surface area contributed by atoms with Crippen LogP contribution in [0.4, 0.5) is 9.18 Å². The Morgan fingerprint density at radius 1 is 1.33 bits per heavy atom. The molecule has 27 heavy (non-hydrogen) atoms. The second-order valence-corrected chi connectivity index (χ2v) is 8.23. The third kappa shape index (κ3) is 4.55. The molecule has 0 N–H and O–H groups in total. The van der Waals surface area contributed by atoms with Gasteiger partial charge in [0.25, 0.3) is 5.91 Å². The minimum absolute atomic E-state index is 0.230. The number of ether oxygens (including phenoxy) is 2. The molecule has 0 radical (unpaired) electrons. The summed E-state index contributed by atoms with van der Waals surface area (Å²) in [6.07, 6.45) is 0.136. The molecule has 1 saturated heterocycles. The van der Waals surface area contributed by atoms with Gasteiger partial charge in [0.15, 0.2) is 0 Å². The number of carbonyl (C=O) groups is 2. The maximum absolute atomic E-state index is 13.9. The predicted octanol–water partition coefficient (Wildman–Crippen LogP) is 3.17. The van der Waals surface area contributed by atoms with Gasteiger partial charge in [-0.25, -0.2) is 9.18 Å². The summed E-state index contributed by atoms with van der Waals surface area (Å²) >= 11 is 0. The van der Waals surface area contributed by atoms with Gasteiger partial charge in [0.05, 0.1) is 6.04 Å². The number of aromatic nitrogens is 1. The van der Waals surface area contributed by atoms with Crippen LogP contribution >= 0.6 is 0 Å². The van der Waals surface area contributed by atoms with Crippen molar-refractivity contribution < 1.29 is 23.5 Å². The van der Waals surface area contributed by atoms with E-state index < -0.39 is 36.2 Å². The molecule has 0 spiro atoms. The summed E-state index contributed by atoms with van der Waals surface area (Å²) in [6, 6.07) is 2.39. The van der Waals surface area contributed by atoms with Gasteiger partial charge in [-0.3, -0.25) is 14.7 Å². The van der Waals surface area contributed by atoms with Crippen molar-refractivity contribution >= 4 is 12.0 Å². The lowest BCUT2D eigenvalue weighted by molar-refractivity contribution is -0.0798. The normalized spacial score (nSPS) is 21.9. The first kappa shape index (κ1) is 21.1. The van der Waals surface area contributed by atoms with E-state index in [1.165, 1.54) is 16.0 Å². The van der Waals surface area contributed by atoms with Gasteiger partial charge in [-0.1, -0.05) is 6.07 Å². The van der Waals surface area contributed by atoms with Crippen LogP contribution in [0, 0.1) is 0 Å². The highest BCUT2D eigenvalue weighted by Crippen LogP contribution is 2.41. The minimum atomic E-state index is -1.05. The Bertz CT molecular complexity index is 698. The topological polar surface area (TPSA) is 72.0 Å². The van der Waals surface area contributed by atoms with Crippen LogP contribution < -0.4 is 0 Å². The predicted molar refractivity (Wildman–Crippen MR) is 98.0 cm³/mol. The van der Waals surface area contributed by atoms with Crippen LogP contribution in [0.5, 0.6) is 0 Å². The van der Waals surface area contributed by atoms with E-state index in [2.05, 4.69) is 4.98 Å². The number of halogens is 1. The van der Waals surface area contributed by atoms with E-state index in [0.29, 0.717) is 5.56 Å². The van der Waals surface area contributed by atoms with Crippen LogP contribution in [0.3, 0.4) is 0 Å². The number of carbonyl (C=O) groups excluding carboxylic acids is 2. The van der Waals surface area contributed by atoms with E-state index in [0.717, 1.165) is 0 Å². The fourth-order valence-corrected chi connectivity index (χ4v) is 3.02. The summed E-state index contributed by atoms with van der Waals surface area (Å²) in [5.41, 5.74) is -0.891. The lowest BCUT2D eigenvalue weighted by Gasteiger charge is -2.34. The zero-order valence-corrected chi connectivity index (χ0v) is 16.9. The SMILES string of the molecule is CN(C)C(=O)c1ccc(C2OC(C)(C)N(C(=O)OC(C)(C)C)C2CF)cn1. The van der Waals surface area contributed by atoms with Crippen LogP contribution in [0.1, 0.15) is 56.8 Å². The van der Waals surface area contributed by atoms with Gasteiger partial charge in [-0.2, -0.15) is 0 Å². The zero-order chi connectivity index (χ0) is 20.6. The van der Waals surface area contributed by atoms with Gasteiger partial charge < -0.3 is 14.4 Å². The standard InChI is InChI=1S/C19H28FN3O4/c1-18(2,3)27-17(25)23-14(10-20)15(26-19(23,4)5)12-8-9-13(21-11-12)16(24)22(6)7/h8-9,11,14-15H,10H2,1-7H3. The number of alkyl halides is 1. The lowest BCUT2D eigenvalue weighted by atomic mass is 10.0. The third-order valence-electron chi connectivity index (χ3n) is 4.17. The average molecular weight is 381 g/mol. The zero-order valence-electron chi connectivity index (χ0n) is 16.9. The van der Waals surface area contributed by atoms with Crippen molar-refractivity contribution in [2.75, 3.05) is 20.8 Å². The maximum Gasteiger partial charge on any atom is 0.413 e. The molecule has 1 aromatic rings. The molecule has 0 aliphatic carbocycles. The Kier molecular flexibility index (Phi) is 5.79. The summed E-state index contributed by atoms with van der Waals surface area (Å²) < 4.78 is 25.3. The van der Waals surface area contributed by atoms with Crippen molar-refractivity contribution in [3.63, 3.8) is 0 Å². The molecule has 2 heterocycles. The molecular weight excluding hydrogens is 353 g/mol. The van der Waals surface area contributed by atoms with E-state index in [1.54, 1.807) is 60.8 Å². The summed E-state index contributed by atoms with van der Waals surface area (Å²) in [4.78, 5) is 31.5. The Morgan fingerprint density at radius 2 is 1.96 bits per heavy atom. The molecule has 2 amide bonds. The highest BCUT2D eigenvalue weighted by atomic mass is 19.1. The molecule has 1 fully saturated rings. The summed E-state index contributed by atoms with van der Waals surface area (Å²) in [6.45, 7) is 7.84. The fourth-order valence-electron chi connectivity index (χ4n) is 3.02. The van der Waals surface area contributed by atoms with Crippen LogP contribution in [0.2, 0.25) is 0 Å². The van der Waals surface area contributed by atoms with Gasteiger partial charge in [0.1, 0.15) is 29.8 Å². The molecule has 0 bridgehead atoms. The van der Waals surface area contributed by atoms with E-state index in [1.807, 2.05) is 0 Å². The Morgan fingerprint density at radius 3 is 2.41 bits per heavy atom. The molecule has 2 unspecified atom stereocenters. The smallest absolute Gasteiger partial charge is 0.413 e. The van der Waals surface area contributed by atoms with Crippen molar-refractivity contribution in [2.45, 2.75) is 58.1 Å². The van der Waals surface area contributed by atoms with E-state index in [-0.39, 0.29) is 11.6 Å². The van der Waals surface area contributed by atoms with Crippen molar-refractivity contribution in [1.29, 1.82) is 0 Å². The molecule has 1 aliphatic rings. The Balaban J connectivity index is 2.30. The largest absolute Gasteiger partial charge is 0.444 e. The van der Waals surface area contributed by atoms with Gasteiger partial charge in [0.2, 0.25) is 0 Å². The molecule has 0 aromatic carbocycles. The quantitative estimate of drug-likeness (QED) is 0.804. The molecule has 2 atom stereocenters. The summed E-state index contributed by atoms with van der Waals surface area (Å²) in [5, 5.41) is 0. The van der Waals surface area contributed by atoms with Gasteiger partial charge in [-0.15, -0.1) is 0 Å². The number of hydrogen-bond acceptors (Lipinski definition) is 5. The number of amides is 2. The molecule has 7 nitrogen and oxygen atoms in total. The molecule has 150 valence electrons. The maximum atomic E-state index is 13.9. The molecule has 0 saturated carbocycles. The Labute approximate surface area is 159 Å². The van der Waals surface area contributed by atoms with Gasteiger partial charge >= 0.3 is 6.09 Å². The monoisotopic (exact) mass is 381 g/mol. The van der Waals surface area contributed by atoms with Crippen LogP contribution in [-0.2, 0) is 9.47 Å². The molecule has 8 heteroatoms. The van der Waals surface area contributed by atoms with Gasteiger partial charge in [0, 0.05) is 25.9 Å². The van der Waals surface area contributed by atoms with Crippen molar-refractivity contribution in [1.82, 2.24) is 14.8 Å². The minimum Gasteiger partial charge on any atom is -0.444 e. The number of nitrogens with zero attached hydrogens (tertiary/aromatic N) is 3. The second-order valence-electron chi connectivity index (χ2n) is 8.23. The number of rotatable bonds is 3. The van der Waals surface area contributed by atoms with E-state index in [4.69, 9.17) is 9.47 Å². The molecule has 1 aromatic heterocycles. The summed E-state index contributed by atoms with van der Waals surface area (Å²) in [5.74, 6) is -0.230. The van der Waals surface area contributed by atoms with Gasteiger partial charge in [-0.05, 0) is 40.7 Å². The average Bonchev–Trinajstić information content (AvgIpc) is 2.83. The highest BCUT2D eigenvalue weighted by molar-refractivity contribution is 5.91. The van der Waals surface area contributed by atoms with Crippen molar-refractivity contribution in [3.05, 3.63) is 29.6 Å². The summed E-state index contributed by atoms with van der Waals surface area (Å²) in [7, 11) is 3.27. The molecular formula is C19H28FN3O4. The molecule has 2 rings (SSSR count). The second kappa shape index (κ2) is 7.42. The van der Waals surface area contributed by atoms with Crippen LogP contribution in [-0.4, -0.2) is 64.9 Å². The highest BCUT2D eigenvalue weighted by Gasteiger charge is 2.51. The first-order valence-corrected chi connectivity index (χ1v) is 8.81. The van der Waals surface area contributed by atoms with Crippen molar-refractivity contribution in [2.24, 2.45) is 0 Å². The Hall–Kier alpha value is -2.22. The third-order valence-corrected chi connectivity index (χ3v) is 4.17. The number of hydrogen-bond donors (Lipinski definition) is 0. The fraction of sp³-hybridized carbons (Fsp3) is 0.632. The first-order chi connectivity index (χ1) is 12.4. The van der Waals surface area contributed by atoms with Crippen molar-refractivity contribution in [3.8, 4) is 0 Å². The number of pyridine rings is 1. The van der Waals surface area contributed by atoms with Crippen LogP contribution in [0.15, 0.2) is 18.3 Å². The van der Waals surface area contributed by atoms with Crippen LogP contribution in [0.25, 0.3) is 0 Å².